The van der Waals surface area contributed by atoms with E-state index in [2.05, 4.69) is 12.2 Å². The van der Waals surface area contributed by atoms with E-state index in [1.165, 1.54) is 0 Å². The van der Waals surface area contributed by atoms with Gasteiger partial charge in [-0.2, -0.15) is 0 Å². The van der Waals surface area contributed by atoms with Crippen molar-refractivity contribution in [2.45, 2.75) is 39.2 Å². The first kappa shape index (κ1) is 19.0. The largest absolute Gasteiger partial charge is 0.491 e. The summed E-state index contributed by atoms with van der Waals surface area (Å²) < 4.78 is 5.74. The Labute approximate surface area is 160 Å². The zero-order valence-electron chi connectivity index (χ0n) is 15.9. The van der Waals surface area contributed by atoms with Crippen LogP contribution in [0.1, 0.15) is 53.8 Å². The molecule has 5 heteroatoms. The summed E-state index contributed by atoms with van der Waals surface area (Å²) in [7, 11) is 0. The fourth-order valence-corrected chi connectivity index (χ4v) is 3.06. The highest BCUT2D eigenvalue weighted by molar-refractivity contribution is 6.09. The smallest absolute Gasteiger partial charge is 0.255 e. The van der Waals surface area contributed by atoms with Crippen LogP contribution in [0.2, 0.25) is 0 Å². The lowest BCUT2D eigenvalue weighted by atomic mass is 10.1. The second-order valence-corrected chi connectivity index (χ2v) is 6.86. The minimum absolute atomic E-state index is 0.0271. The van der Waals surface area contributed by atoms with Gasteiger partial charge >= 0.3 is 0 Å². The number of anilines is 1. The van der Waals surface area contributed by atoms with Crippen molar-refractivity contribution in [3.05, 3.63) is 59.7 Å². The molecule has 1 atom stereocenters. The van der Waals surface area contributed by atoms with E-state index in [4.69, 9.17) is 4.74 Å². The summed E-state index contributed by atoms with van der Waals surface area (Å²) in [6.07, 6.45) is 3.12. The normalized spacial score (nSPS) is 14.7. The Kier molecular flexibility index (Phi) is 6.12. The SMILES string of the molecule is CCC(C)Oc1ccc(C(=O)Nc2ccccc2C(=O)N2CCCC2)cc1. The number of para-hydroxylation sites is 1. The molecule has 1 saturated heterocycles. The molecule has 0 spiro atoms. The molecule has 2 aromatic carbocycles. The third kappa shape index (κ3) is 4.67. The van der Waals surface area contributed by atoms with Crippen LogP contribution in [0.5, 0.6) is 5.75 Å². The molecule has 3 rings (SSSR count). The molecule has 0 aromatic heterocycles. The molecule has 1 aliphatic rings. The molecule has 1 unspecified atom stereocenters. The highest BCUT2D eigenvalue weighted by Crippen LogP contribution is 2.21. The number of ether oxygens (including phenoxy) is 1. The molecular formula is C22H26N2O3. The summed E-state index contributed by atoms with van der Waals surface area (Å²) in [5, 5.41) is 2.88. The molecule has 2 amide bonds. The van der Waals surface area contributed by atoms with Crippen LogP contribution in [0.15, 0.2) is 48.5 Å². The summed E-state index contributed by atoms with van der Waals surface area (Å²) in [6.45, 7) is 5.62. The molecule has 27 heavy (non-hydrogen) atoms. The van der Waals surface area contributed by atoms with Gasteiger partial charge < -0.3 is 15.0 Å². The summed E-state index contributed by atoms with van der Waals surface area (Å²) in [4.78, 5) is 27.2. The number of rotatable bonds is 6. The monoisotopic (exact) mass is 366 g/mol. The van der Waals surface area contributed by atoms with Gasteiger partial charge in [-0.05, 0) is 62.6 Å². The van der Waals surface area contributed by atoms with E-state index in [9.17, 15) is 9.59 Å². The van der Waals surface area contributed by atoms with Crippen LogP contribution in [0.4, 0.5) is 5.69 Å². The van der Waals surface area contributed by atoms with Crippen LogP contribution in [0.3, 0.4) is 0 Å². The zero-order chi connectivity index (χ0) is 19.2. The van der Waals surface area contributed by atoms with E-state index in [0.717, 1.165) is 38.1 Å². The molecule has 0 bridgehead atoms. The van der Waals surface area contributed by atoms with Crippen LogP contribution >= 0.6 is 0 Å². The molecule has 1 fully saturated rings. The molecule has 2 aromatic rings. The van der Waals surface area contributed by atoms with E-state index in [0.29, 0.717) is 16.8 Å². The predicted molar refractivity (Wildman–Crippen MR) is 106 cm³/mol. The van der Waals surface area contributed by atoms with E-state index in [-0.39, 0.29) is 17.9 Å². The van der Waals surface area contributed by atoms with Gasteiger partial charge in [-0.1, -0.05) is 19.1 Å². The van der Waals surface area contributed by atoms with E-state index >= 15 is 0 Å². The Morgan fingerprint density at radius 2 is 1.74 bits per heavy atom. The van der Waals surface area contributed by atoms with Gasteiger partial charge in [0.2, 0.25) is 0 Å². The number of benzene rings is 2. The molecular weight excluding hydrogens is 340 g/mol. The van der Waals surface area contributed by atoms with Crippen molar-refractivity contribution in [3.63, 3.8) is 0 Å². The van der Waals surface area contributed by atoms with Gasteiger partial charge in [-0.15, -0.1) is 0 Å². The standard InChI is InChI=1S/C22H26N2O3/c1-3-16(2)27-18-12-10-17(11-13-18)21(25)23-20-9-5-4-8-19(20)22(26)24-14-6-7-15-24/h4-5,8-13,16H,3,6-7,14-15H2,1-2H3,(H,23,25). The second-order valence-electron chi connectivity index (χ2n) is 6.86. The van der Waals surface area contributed by atoms with Crippen LogP contribution in [0, 0.1) is 0 Å². The topological polar surface area (TPSA) is 58.6 Å². The molecule has 1 heterocycles. The van der Waals surface area contributed by atoms with E-state index < -0.39 is 0 Å². The number of nitrogens with one attached hydrogen (secondary N) is 1. The van der Waals surface area contributed by atoms with Crippen LogP contribution in [0.25, 0.3) is 0 Å². The Balaban J connectivity index is 1.71. The molecule has 0 saturated carbocycles. The third-order valence-corrected chi connectivity index (χ3v) is 4.83. The highest BCUT2D eigenvalue weighted by Gasteiger charge is 2.22. The third-order valence-electron chi connectivity index (χ3n) is 4.83. The molecule has 0 radical (unpaired) electrons. The van der Waals surface area contributed by atoms with Gasteiger partial charge in [0.25, 0.3) is 11.8 Å². The second kappa shape index (κ2) is 8.71. The van der Waals surface area contributed by atoms with Crippen molar-refractivity contribution >= 4 is 17.5 Å². The van der Waals surface area contributed by atoms with Gasteiger partial charge in [0, 0.05) is 18.7 Å². The lowest BCUT2D eigenvalue weighted by molar-refractivity contribution is 0.0794. The summed E-state index contributed by atoms with van der Waals surface area (Å²) >= 11 is 0. The Hall–Kier alpha value is -2.82. The first-order valence-electron chi connectivity index (χ1n) is 9.55. The minimum Gasteiger partial charge on any atom is -0.491 e. The van der Waals surface area contributed by atoms with Crippen molar-refractivity contribution in [2.75, 3.05) is 18.4 Å². The number of carbonyl (C=O) groups is 2. The minimum atomic E-state index is -0.244. The number of hydrogen-bond acceptors (Lipinski definition) is 3. The number of amides is 2. The summed E-state index contributed by atoms with van der Waals surface area (Å²) in [5.41, 5.74) is 1.60. The quantitative estimate of drug-likeness (QED) is 0.827. The molecule has 5 nitrogen and oxygen atoms in total. The predicted octanol–water partition coefficient (Wildman–Crippen LogP) is 4.35. The maximum Gasteiger partial charge on any atom is 0.255 e. The van der Waals surface area contributed by atoms with E-state index in [1.54, 1.807) is 36.4 Å². The first-order chi connectivity index (χ1) is 13.1. The molecule has 0 aliphatic carbocycles. The molecule has 1 aliphatic heterocycles. The summed E-state index contributed by atoms with van der Waals surface area (Å²) in [5.74, 6) is 0.470. The Morgan fingerprint density at radius 1 is 1.07 bits per heavy atom. The number of likely N-dealkylation sites (tertiary alicyclic amines) is 1. The van der Waals surface area contributed by atoms with Gasteiger partial charge in [0.15, 0.2) is 0 Å². The maximum atomic E-state index is 12.7. The van der Waals surface area contributed by atoms with Crippen LogP contribution in [-0.4, -0.2) is 35.9 Å². The van der Waals surface area contributed by atoms with Crippen LogP contribution in [-0.2, 0) is 0 Å². The maximum absolute atomic E-state index is 12.7. The van der Waals surface area contributed by atoms with Gasteiger partial charge in [0.1, 0.15) is 5.75 Å². The Morgan fingerprint density at radius 3 is 2.41 bits per heavy atom. The lowest BCUT2D eigenvalue weighted by Crippen LogP contribution is -2.28. The molecule has 1 N–H and O–H groups in total. The van der Waals surface area contributed by atoms with Crippen molar-refractivity contribution in [3.8, 4) is 5.75 Å². The number of carbonyl (C=O) groups excluding carboxylic acids is 2. The number of hydrogen-bond donors (Lipinski definition) is 1. The van der Waals surface area contributed by atoms with E-state index in [1.807, 2.05) is 24.0 Å². The van der Waals surface area contributed by atoms with Gasteiger partial charge in [-0.3, -0.25) is 9.59 Å². The zero-order valence-corrected chi connectivity index (χ0v) is 15.9. The average molecular weight is 366 g/mol. The average Bonchev–Trinajstić information content (AvgIpc) is 3.23. The fourth-order valence-electron chi connectivity index (χ4n) is 3.06. The van der Waals surface area contributed by atoms with Crippen molar-refractivity contribution < 1.29 is 14.3 Å². The van der Waals surface area contributed by atoms with Crippen molar-refractivity contribution in [1.82, 2.24) is 4.90 Å². The lowest BCUT2D eigenvalue weighted by Gasteiger charge is -2.18. The van der Waals surface area contributed by atoms with Gasteiger partial charge in [-0.25, -0.2) is 0 Å². The highest BCUT2D eigenvalue weighted by atomic mass is 16.5. The first-order valence-corrected chi connectivity index (χ1v) is 9.55. The molecule has 142 valence electrons. The summed E-state index contributed by atoms with van der Waals surface area (Å²) in [6, 6.07) is 14.2. The van der Waals surface area contributed by atoms with Gasteiger partial charge in [0.05, 0.1) is 17.4 Å². The van der Waals surface area contributed by atoms with Crippen LogP contribution < -0.4 is 10.1 Å². The fraction of sp³-hybridized carbons (Fsp3) is 0.364. The van der Waals surface area contributed by atoms with Crippen molar-refractivity contribution in [2.24, 2.45) is 0 Å². The van der Waals surface area contributed by atoms with Crippen molar-refractivity contribution in [1.29, 1.82) is 0 Å². The number of nitrogens with zero attached hydrogens (tertiary/aromatic N) is 1. The Bertz CT molecular complexity index is 795.